The third kappa shape index (κ3) is 5.10. The highest BCUT2D eigenvalue weighted by Gasteiger charge is 2.19. The van der Waals surface area contributed by atoms with E-state index in [1.165, 1.54) is 64.2 Å². The third-order valence-electron chi connectivity index (χ3n) is 9.94. The van der Waals surface area contributed by atoms with E-state index in [0.29, 0.717) is 0 Å². The number of hydrogen-bond acceptors (Lipinski definition) is 2. The smallest absolute Gasteiger partial charge is 0.0561 e. The Morgan fingerprint density at radius 2 is 0.922 bits per heavy atom. The average molecular weight is 669 g/mol. The Bertz CT molecular complexity index is 2790. The number of hydrogen-bond donors (Lipinski definition) is 0. The normalized spacial score (nSPS) is 11.5. The Hall–Kier alpha value is -6.42. The largest absolute Gasteiger partial charge is 0.310 e. The topological polar surface area (TPSA) is 8.17 Å². The fourth-order valence-electron chi connectivity index (χ4n) is 7.59. The Labute approximate surface area is 300 Å². The van der Waals surface area contributed by atoms with Crippen LogP contribution in [0.25, 0.3) is 69.9 Å². The Kier molecular flexibility index (Phi) is 7.04. The summed E-state index contributed by atoms with van der Waals surface area (Å²) in [7, 11) is 0. The van der Waals surface area contributed by atoms with Gasteiger partial charge in [-0.05, 0) is 95.1 Å². The van der Waals surface area contributed by atoms with Gasteiger partial charge in [0.1, 0.15) is 0 Å². The van der Waals surface area contributed by atoms with Gasteiger partial charge < -0.3 is 9.47 Å². The van der Waals surface area contributed by atoms with Crippen LogP contribution < -0.4 is 4.90 Å². The van der Waals surface area contributed by atoms with Crippen LogP contribution in [0, 0.1) is 0 Å². The summed E-state index contributed by atoms with van der Waals surface area (Å²) in [6.45, 7) is 0. The van der Waals surface area contributed by atoms with E-state index in [1.54, 1.807) is 0 Å². The maximum absolute atomic E-state index is 2.44. The van der Waals surface area contributed by atoms with Crippen molar-refractivity contribution in [2.24, 2.45) is 0 Å². The molecule has 10 aromatic rings. The number of para-hydroxylation sites is 2. The van der Waals surface area contributed by atoms with Crippen molar-refractivity contribution >= 4 is 70.4 Å². The van der Waals surface area contributed by atoms with Crippen LogP contribution in [-0.4, -0.2) is 4.57 Å². The van der Waals surface area contributed by atoms with Crippen LogP contribution in [0.4, 0.5) is 17.1 Å². The molecule has 0 N–H and O–H groups in total. The molecule has 240 valence electrons. The first-order valence-electron chi connectivity index (χ1n) is 17.3. The van der Waals surface area contributed by atoms with Gasteiger partial charge in [-0.15, -0.1) is 11.3 Å². The molecule has 0 radical (unpaired) electrons. The highest BCUT2D eigenvalue weighted by molar-refractivity contribution is 7.25. The molecule has 3 heteroatoms. The second-order valence-corrected chi connectivity index (χ2v) is 14.1. The van der Waals surface area contributed by atoms with Crippen LogP contribution in [0.5, 0.6) is 0 Å². The van der Waals surface area contributed by atoms with E-state index in [-0.39, 0.29) is 0 Å². The van der Waals surface area contributed by atoms with E-state index >= 15 is 0 Å². The van der Waals surface area contributed by atoms with Gasteiger partial charge in [-0.1, -0.05) is 121 Å². The number of thiophene rings is 1. The SMILES string of the molecule is c1ccc(-c2cc(-c3ccccc3)cc(N(c3ccccc3)c3ccc4c5ccccc5n(-c5ccc6sc7ccccc7c6c5)c4c3)c2)cc1. The Balaban J connectivity index is 1.22. The monoisotopic (exact) mass is 668 g/mol. The zero-order valence-electron chi connectivity index (χ0n) is 27.8. The maximum atomic E-state index is 2.44. The van der Waals surface area contributed by atoms with E-state index in [1.807, 2.05) is 11.3 Å². The lowest BCUT2D eigenvalue weighted by Crippen LogP contribution is -2.10. The van der Waals surface area contributed by atoms with Crippen LogP contribution in [0.3, 0.4) is 0 Å². The molecule has 0 fully saturated rings. The summed E-state index contributed by atoms with van der Waals surface area (Å²) in [6, 6.07) is 70.5. The Morgan fingerprint density at radius 1 is 0.333 bits per heavy atom. The van der Waals surface area contributed by atoms with Gasteiger partial charge in [-0.25, -0.2) is 0 Å². The molecule has 0 spiro atoms. The highest BCUT2D eigenvalue weighted by atomic mass is 32.1. The molecular weight excluding hydrogens is 637 g/mol. The minimum atomic E-state index is 1.10. The van der Waals surface area contributed by atoms with Gasteiger partial charge in [0.05, 0.1) is 11.0 Å². The van der Waals surface area contributed by atoms with Crippen LogP contribution >= 0.6 is 11.3 Å². The minimum Gasteiger partial charge on any atom is -0.310 e. The molecule has 51 heavy (non-hydrogen) atoms. The lowest BCUT2D eigenvalue weighted by Gasteiger charge is -2.27. The van der Waals surface area contributed by atoms with Crippen molar-refractivity contribution < 1.29 is 0 Å². The van der Waals surface area contributed by atoms with Gasteiger partial charge in [-0.3, -0.25) is 0 Å². The van der Waals surface area contributed by atoms with E-state index in [9.17, 15) is 0 Å². The second-order valence-electron chi connectivity index (χ2n) is 13.0. The lowest BCUT2D eigenvalue weighted by atomic mass is 9.97. The van der Waals surface area contributed by atoms with Crippen molar-refractivity contribution in [1.29, 1.82) is 0 Å². The van der Waals surface area contributed by atoms with Gasteiger partial charge in [0.2, 0.25) is 0 Å². The molecule has 0 saturated heterocycles. The van der Waals surface area contributed by atoms with Gasteiger partial charge in [0.25, 0.3) is 0 Å². The van der Waals surface area contributed by atoms with Crippen LogP contribution in [0.15, 0.2) is 194 Å². The zero-order chi connectivity index (χ0) is 33.7. The van der Waals surface area contributed by atoms with Crippen molar-refractivity contribution in [1.82, 2.24) is 4.57 Å². The summed E-state index contributed by atoms with van der Waals surface area (Å²) in [5.74, 6) is 0. The molecule has 0 aliphatic heterocycles. The van der Waals surface area contributed by atoms with Gasteiger partial charge >= 0.3 is 0 Å². The molecule has 0 aliphatic carbocycles. The standard InChI is InChI=1S/C48H32N2S/c1-4-14-33(15-5-1)35-28-36(34-16-6-2-7-17-34)30-40(29-35)49(37-18-8-3-9-19-37)39-24-26-42-41-20-10-12-22-45(41)50(46(42)32-39)38-25-27-48-44(31-38)43-21-11-13-23-47(43)51-48/h1-32H. The lowest BCUT2D eigenvalue weighted by molar-refractivity contribution is 1.18. The number of rotatable bonds is 6. The summed E-state index contributed by atoms with van der Waals surface area (Å²) in [6.07, 6.45) is 0. The zero-order valence-corrected chi connectivity index (χ0v) is 28.6. The van der Waals surface area contributed by atoms with Gasteiger partial charge in [0.15, 0.2) is 0 Å². The summed E-state index contributed by atoms with van der Waals surface area (Å²) in [5, 5.41) is 5.09. The van der Waals surface area contributed by atoms with Crippen molar-refractivity contribution in [2.75, 3.05) is 4.90 Å². The minimum absolute atomic E-state index is 1.10. The first-order chi connectivity index (χ1) is 25.3. The van der Waals surface area contributed by atoms with Crippen LogP contribution in [0.2, 0.25) is 0 Å². The van der Waals surface area contributed by atoms with E-state index in [2.05, 4.69) is 204 Å². The molecular formula is C48H32N2S. The number of nitrogens with zero attached hydrogens (tertiary/aromatic N) is 2. The van der Waals surface area contributed by atoms with Crippen LogP contribution in [0.1, 0.15) is 0 Å². The Morgan fingerprint density at radius 3 is 1.65 bits per heavy atom. The van der Waals surface area contributed by atoms with Crippen LogP contribution in [-0.2, 0) is 0 Å². The molecule has 8 aromatic carbocycles. The molecule has 10 rings (SSSR count). The van der Waals surface area contributed by atoms with Crippen molar-refractivity contribution in [3.63, 3.8) is 0 Å². The van der Waals surface area contributed by atoms with E-state index in [4.69, 9.17) is 0 Å². The summed E-state index contributed by atoms with van der Waals surface area (Å²) < 4.78 is 5.07. The molecule has 0 unspecified atom stereocenters. The third-order valence-corrected chi connectivity index (χ3v) is 11.1. The summed E-state index contributed by atoms with van der Waals surface area (Å²) in [4.78, 5) is 2.40. The van der Waals surface area contributed by atoms with Crippen molar-refractivity contribution in [3.05, 3.63) is 194 Å². The van der Waals surface area contributed by atoms with E-state index < -0.39 is 0 Å². The fourth-order valence-corrected chi connectivity index (χ4v) is 8.67. The quantitative estimate of drug-likeness (QED) is 0.171. The number of anilines is 3. The molecule has 2 nitrogen and oxygen atoms in total. The van der Waals surface area contributed by atoms with Crippen molar-refractivity contribution in [3.8, 4) is 27.9 Å². The predicted molar refractivity (Wildman–Crippen MR) is 219 cm³/mol. The predicted octanol–water partition coefficient (Wildman–Crippen LogP) is 14.0. The number of benzene rings is 8. The molecule has 0 amide bonds. The molecule has 0 aliphatic rings. The first-order valence-corrected chi connectivity index (χ1v) is 18.2. The van der Waals surface area contributed by atoms with E-state index in [0.717, 1.165) is 22.7 Å². The summed E-state index contributed by atoms with van der Waals surface area (Å²) >= 11 is 1.86. The fraction of sp³-hybridized carbons (Fsp3) is 0. The molecule has 2 aromatic heterocycles. The average Bonchev–Trinajstić information content (AvgIpc) is 3.74. The van der Waals surface area contributed by atoms with Gasteiger partial charge in [-0.2, -0.15) is 0 Å². The summed E-state index contributed by atoms with van der Waals surface area (Å²) in [5.41, 5.74) is 11.6. The number of aromatic nitrogens is 1. The first kappa shape index (κ1) is 29.5. The molecule has 2 heterocycles. The highest BCUT2D eigenvalue weighted by Crippen LogP contribution is 2.43. The maximum Gasteiger partial charge on any atom is 0.0561 e. The molecule has 0 saturated carbocycles. The van der Waals surface area contributed by atoms with Crippen molar-refractivity contribution in [2.45, 2.75) is 0 Å². The second kappa shape index (κ2) is 12.2. The molecule has 0 atom stereocenters. The molecule has 0 bridgehead atoms. The van der Waals surface area contributed by atoms with Gasteiger partial charge in [0, 0.05) is 53.7 Å². The number of fused-ring (bicyclic) bond motifs is 6.